The van der Waals surface area contributed by atoms with E-state index < -0.39 is 0 Å². The first kappa shape index (κ1) is 12.5. The van der Waals surface area contributed by atoms with Crippen LogP contribution in [0.5, 0.6) is 0 Å². The van der Waals surface area contributed by atoms with E-state index in [0.29, 0.717) is 17.4 Å². The van der Waals surface area contributed by atoms with Crippen molar-refractivity contribution in [2.45, 2.75) is 32.7 Å². The molecule has 0 amide bonds. The van der Waals surface area contributed by atoms with Crippen LogP contribution in [0.2, 0.25) is 5.02 Å². The summed E-state index contributed by atoms with van der Waals surface area (Å²) in [5.74, 6) is 0.0330. The van der Waals surface area contributed by atoms with E-state index in [0.717, 1.165) is 5.56 Å². The van der Waals surface area contributed by atoms with Gasteiger partial charge >= 0.3 is 0 Å². The molecule has 1 unspecified atom stereocenters. The van der Waals surface area contributed by atoms with Crippen LogP contribution in [0.4, 0.5) is 4.39 Å². The van der Waals surface area contributed by atoms with Gasteiger partial charge in [0.05, 0.1) is 0 Å². The van der Waals surface area contributed by atoms with Gasteiger partial charge in [-0.3, -0.25) is 0 Å². The molecule has 0 aliphatic rings. The van der Waals surface area contributed by atoms with E-state index in [1.165, 1.54) is 12.1 Å². The molecule has 1 atom stereocenters. The quantitative estimate of drug-likeness (QED) is 0.845. The fourth-order valence-corrected chi connectivity index (χ4v) is 1.51. The molecule has 0 radical (unpaired) electrons. The van der Waals surface area contributed by atoms with Crippen molar-refractivity contribution in [3.63, 3.8) is 0 Å². The molecule has 1 rings (SSSR count). The van der Waals surface area contributed by atoms with Crippen molar-refractivity contribution < 1.29 is 4.39 Å². The third-order valence-electron chi connectivity index (χ3n) is 2.91. The Morgan fingerprint density at radius 1 is 1.47 bits per heavy atom. The lowest BCUT2D eigenvalue weighted by Gasteiger charge is -2.29. The summed E-state index contributed by atoms with van der Waals surface area (Å²) in [6, 6.07) is 4.44. The summed E-state index contributed by atoms with van der Waals surface area (Å²) in [6.07, 6.45) is 0.657. The Bertz CT molecular complexity index is 347. The van der Waals surface area contributed by atoms with Crippen molar-refractivity contribution in [3.05, 3.63) is 34.6 Å². The normalized spacial score (nSPS) is 15.4. The predicted molar refractivity (Wildman–Crippen MR) is 62.5 cm³/mol. The Balaban J connectivity index is 2.90. The third kappa shape index (κ3) is 3.18. The molecule has 0 fully saturated rings. The van der Waals surface area contributed by atoms with E-state index in [4.69, 9.17) is 17.3 Å². The Morgan fingerprint density at radius 3 is 2.53 bits per heavy atom. The maximum absolute atomic E-state index is 12.8. The van der Waals surface area contributed by atoms with Gasteiger partial charge in [0.2, 0.25) is 0 Å². The summed E-state index contributed by atoms with van der Waals surface area (Å²) >= 11 is 5.94. The zero-order valence-electron chi connectivity index (χ0n) is 9.35. The zero-order chi connectivity index (χ0) is 11.6. The molecule has 0 saturated carbocycles. The van der Waals surface area contributed by atoms with Crippen molar-refractivity contribution >= 4 is 11.6 Å². The van der Waals surface area contributed by atoms with Gasteiger partial charge in [-0.05, 0) is 37.0 Å². The average Bonchev–Trinajstić information content (AvgIpc) is 2.09. The lowest BCUT2D eigenvalue weighted by molar-refractivity contribution is 0.338. The van der Waals surface area contributed by atoms with Gasteiger partial charge in [-0.25, -0.2) is 4.39 Å². The highest BCUT2D eigenvalue weighted by Gasteiger charge is 2.24. The van der Waals surface area contributed by atoms with Crippen molar-refractivity contribution in [2.75, 3.05) is 0 Å². The smallest absolute Gasteiger partial charge is 0.124 e. The summed E-state index contributed by atoms with van der Waals surface area (Å²) in [7, 11) is 0. The third-order valence-corrected chi connectivity index (χ3v) is 3.26. The highest BCUT2D eigenvalue weighted by Crippen LogP contribution is 2.24. The minimum atomic E-state index is -0.318. The van der Waals surface area contributed by atoms with Crippen LogP contribution in [0, 0.1) is 11.7 Å². The highest BCUT2D eigenvalue weighted by atomic mass is 35.5. The molecule has 1 aromatic rings. The van der Waals surface area contributed by atoms with E-state index in [9.17, 15) is 4.39 Å². The van der Waals surface area contributed by atoms with Crippen LogP contribution in [0.25, 0.3) is 0 Å². The molecule has 15 heavy (non-hydrogen) atoms. The second-order valence-corrected chi connectivity index (χ2v) is 4.98. The number of hydrogen-bond acceptors (Lipinski definition) is 1. The average molecular weight is 230 g/mol. The zero-order valence-corrected chi connectivity index (χ0v) is 10.1. The molecule has 1 aromatic carbocycles. The summed E-state index contributed by atoms with van der Waals surface area (Å²) < 4.78 is 12.8. The van der Waals surface area contributed by atoms with Gasteiger partial charge in [-0.1, -0.05) is 31.5 Å². The van der Waals surface area contributed by atoms with E-state index in [-0.39, 0.29) is 11.4 Å². The molecule has 2 N–H and O–H groups in total. The van der Waals surface area contributed by atoms with E-state index in [2.05, 4.69) is 13.8 Å². The van der Waals surface area contributed by atoms with E-state index in [1.54, 1.807) is 6.07 Å². The topological polar surface area (TPSA) is 26.0 Å². The molecule has 0 heterocycles. The first-order valence-electron chi connectivity index (χ1n) is 5.06. The van der Waals surface area contributed by atoms with Gasteiger partial charge < -0.3 is 5.73 Å². The molecule has 0 spiro atoms. The Hall–Kier alpha value is -0.600. The SMILES string of the molecule is CC(C)C(C)(N)Cc1ccc(F)cc1Cl. The number of hydrogen-bond donors (Lipinski definition) is 1. The number of nitrogens with two attached hydrogens (primary N) is 1. The Morgan fingerprint density at radius 2 is 2.07 bits per heavy atom. The second-order valence-electron chi connectivity index (χ2n) is 4.57. The summed E-state index contributed by atoms with van der Waals surface area (Å²) in [5.41, 5.74) is 6.73. The van der Waals surface area contributed by atoms with Crippen LogP contribution in [-0.2, 0) is 6.42 Å². The largest absolute Gasteiger partial charge is 0.325 e. The van der Waals surface area contributed by atoms with Gasteiger partial charge in [0, 0.05) is 10.6 Å². The minimum absolute atomic E-state index is 0.313. The molecule has 1 nitrogen and oxygen atoms in total. The van der Waals surface area contributed by atoms with Gasteiger partial charge in [-0.2, -0.15) is 0 Å². The van der Waals surface area contributed by atoms with Crippen LogP contribution >= 0.6 is 11.6 Å². The monoisotopic (exact) mass is 229 g/mol. The predicted octanol–water partition coefficient (Wildman–Crippen LogP) is 3.40. The van der Waals surface area contributed by atoms with Crippen molar-refractivity contribution in [1.82, 2.24) is 0 Å². The van der Waals surface area contributed by atoms with Crippen LogP contribution < -0.4 is 5.73 Å². The van der Waals surface area contributed by atoms with Crippen LogP contribution in [0.3, 0.4) is 0 Å². The summed E-state index contributed by atoms with van der Waals surface area (Å²) in [5, 5.41) is 0.451. The Kier molecular flexibility index (Phi) is 3.74. The lowest BCUT2D eigenvalue weighted by atomic mass is 9.84. The van der Waals surface area contributed by atoms with Crippen LogP contribution in [0.15, 0.2) is 18.2 Å². The Labute approximate surface area is 95.4 Å². The second kappa shape index (κ2) is 4.50. The van der Waals surface area contributed by atoms with Gasteiger partial charge in [0.25, 0.3) is 0 Å². The first-order chi connectivity index (χ1) is 6.83. The minimum Gasteiger partial charge on any atom is -0.325 e. The molecule has 0 aliphatic carbocycles. The van der Waals surface area contributed by atoms with Crippen molar-refractivity contribution in [3.8, 4) is 0 Å². The lowest BCUT2D eigenvalue weighted by Crippen LogP contribution is -2.43. The molecule has 3 heteroatoms. The highest BCUT2D eigenvalue weighted by molar-refractivity contribution is 6.31. The maximum atomic E-state index is 12.8. The maximum Gasteiger partial charge on any atom is 0.124 e. The summed E-state index contributed by atoms with van der Waals surface area (Å²) in [4.78, 5) is 0. The number of halogens is 2. The fourth-order valence-electron chi connectivity index (χ4n) is 1.28. The molecule has 84 valence electrons. The molecule has 0 bridgehead atoms. The van der Waals surface area contributed by atoms with Crippen LogP contribution in [-0.4, -0.2) is 5.54 Å². The van der Waals surface area contributed by atoms with Gasteiger partial charge in [0.15, 0.2) is 0 Å². The van der Waals surface area contributed by atoms with E-state index >= 15 is 0 Å². The standard InChI is InChI=1S/C12H17ClFN/c1-8(2)12(3,15)7-9-4-5-10(14)6-11(9)13/h4-6,8H,7,15H2,1-3H3. The molecule has 0 saturated heterocycles. The molecule has 0 aliphatic heterocycles. The number of benzene rings is 1. The van der Waals surface area contributed by atoms with E-state index in [1.807, 2.05) is 6.92 Å². The molecule has 0 aromatic heterocycles. The van der Waals surface area contributed by atoms with Crippen molar-refractivity contribution in [1.29, 1.82) is 0 Å². The van der Waals surface area contributed by atoms with Gasteiger partial charge in [-0.15, -0.1) is 0 Å². The number of rotatable bonds is 3. The fraction of sp³-hybridized carbons (Fsp3) is 0.500. The van der Waals surface area contributed by atoms with Crippen molar-refractivity contribution in [2.24, 2.45) is 11.7 Å². The first-order valence-corrected chi connectivity index (χ1v) is 5.43. The summed E-state index contributed by atoms with van der Waals surface area (Å²) in [6.45, 7) is 6.12. The molecular weight excluding hydrogens is 213 g/mol. The van der Waals surface area contributed by atoms with Gasteiger partial charge in [0.1, 0.15) is 5.82 Å². The van der Waals surface area contributed by atoms with Crippen LogP contribution in [0.1, 0.15) is 26.3 Å². The molecular formula is C12H17ClFN.